The fraction of sp³-hybridized carbons (Fsp3) is 0.400. The molecule has 1 heterocycles. The van der Waals surface area contributed by atoms with Crippen LogP contribution in [-0.4, -0.2) is 25.7 Å². The third-order valence-corrected chi connectivity index (χ3v) is 4.40. The van der Waals surface area contributed by atoms with Crippen molar-refractivity contribution in [2.45, 2.75) is 19.9 Å². The zero-order valence-corrected chi connectivity index (χ0v) is 14.0. The second-order valence-electron chi connectivity index (χ2n) is 4.47. The van der Waals surface area contributed by atoms with Crippen LogP contribution in [-0.2, 0) is 6.54 Å². The zero-order valence-electron chi connectivity index (χ0n) is 12.4. The number of hydrogen-bond acceptors (Lipinski definition) is 5. The van der Waals surface area contributed by atoms with Gasteiger partial charge in [-0.1, -0.05) is 18.5 Å². The number of nitrogens with one attached hydrogen (secondary N) is 1. The third-order valence-electron chi connectivity index (χ3n) is 3.00. The first-order chi connectivity index (χ1) is 10.2. The Morgan fingerprint density at radius 1 is 1.29 bits per heavy atom. The van der Waals surface area contributed by atoms with Crippen molar-refractivity contribution in [1.29, 1.82) is 0 Å². The smallest absolute Gasteiger partial charge is 0.180 e. The molecule has 0 aliphatic carbocycles. The average molecular weight is 327 g/mol. The molecule has 0 fully saturated rings. The Kier molecular flexibility index (Phi) is 5.85. The van der Waals surface area contributed by atoms with E-state index in [9.17, 15) is 0 Å². The highest BCUT2D eigenvalue weighted by atomic mass is 35.5. The first-order valence-corrected chi connectivity index (χ1v) is 7.97. The van der Waals surface area contributed by atoms with Gasteiger partial charge in [0.25, 0.3) is 0 Å². The molecule has 0 aliphatic heterocycles. The van der Waals surface area contributed by atoms with Gasteiger partial charge in [-0.15, -0.1) is 11.3 Å². The van der Waals surface area contributed by atoms with E-state index >= 15 is 0 Å². The molecular weight excluding hydrogens is 308 g/mol. The lowest BCUT2D eigenvalue weighted by atomic mass is 10.2. The highest BCUT2D eigenvalue weighted by Crippen LogP contribution is 2.42. The summed E-state index contributed by atoms with van der Waals surface area (Å²) in [5.74, 6) is 1.16. The summed E-state index contributed by atoms with van der Waals surface area (Å²) in [7, 11) is 3.17. The molecule has 0 amide bonds. The summed E-state index contributed by atoms with van der Waals surface area (Å²) in [6, 6.07) is 3.75. The topological polar surface area (TPSA) is 43.4 Å². The van der Waals surface area contributed by atoms with Crippen molar-refractivity contribution < 1.29 is 9.47 Å². The van der Waals surface area contributed by atoms with E-state index in [0.29, 0.717) is 16.5 Å². The minimum atomic E-state index is 0.527. The summed E-state index contributed by atoms with van der Waals surface area (Å²) in [4.78, 5) is 5.64. The van der Waals surface area contributed by atoms with E-state index in [1.54, 1.807) is 25.6 Å². The minimum Gasteiger partial charge on any atom is -0.493 e. The maximum Gasteiger partial charge on any atom is 0.180 e. The highest BCUT2D eigenvalue weighted by molar-refractivity contribution is 7.15. The molecular formula is C15H19ClN2O2S. The van der Waals surface area contributed by atoms with Gasteiger partial charge in [-0.25, -0.2) is 4.98 Å². The molecule has 1 N–H and O–H groups in total. The third kappa shape index (κ3) is 3.67. The molecule has 6 heteroatoms. The molecule has 0 saturated carbocycles. The lowest BCUT2D eigenvalue weighted by Crippen LogP contribution is -2.12. The number of benzene rings is 1. The average Bonchev–Trinajstić information content (AvgIpc) is 2.95. The summed E-state index contributed by atoms with van der Waals surface area (Å²) in [6.07, 6.45) is 3.00. The number of hydrogen-bond donors (Lipinski definition) is 1. The van der Waals surface area contributed by atoms with Crippen LogP contribution in [0.2, 0.25) is 5.02 Å². The van der Waals surface area contributed by atoms with Gasteiger partial charge in [-0.05, 0) is 25.1 Å². The number of nitrogens with zero attached hydrogens (tertiary/aromatic N) is 1. The van der Waals surface area contributed by atoms with Crippen LogP contribution in [0.25, 0.3) is 10.6 Å². The number of methoxy groups -OCH3 is 2. The molecule has 0 aliphatic rings. The van der Waals surface area contributed by atoms with Gasteiger partial charge < -0.3 is 14.8 Å². The Bertz CT molecular complexity index is 601. The molecule has 2 aromatic rings. The van der Waals surface area contributed by atoms with Crippen LogP contribution in [0.5, 0.6) is 11.5 Å². The molecule has 21 heavy (non-hydrogen) atoms. The number of thiazole rings is 1. The fourth-order valence-electron chi connectivity index (χ4n) is 1.96. The van der Waals surface area contributed by atoms with Gasteiger partial charge in [-0.2, -0.15) is 0 Å². The van der Waals surface area contributed by atoms with E-state index in [2.05, 4.69) is 17.2 Å². The van der Waals surface area contributed by atoms with Crippen molar-refractivity contribution in [2.24, 2.45) is 0 Å². The Labute approximate surface area is 134 Å². The Hall–Kier alpha value is -1.30. The molecule has 2 rings (SSSR count). The van der Waals surface area contributed by atoms with Gasteiger partial charge >= 0.3 is 0 Å². The van der Waals surface area contributed by atoms with Crippen LogP contribution in [0.15, 0.2) is 18.3 Å². The lowest BCUT2D eigenvalue weighted by Gasteiger charge is -2.11. The molecule has 0 bridgehead atoms. The van der Waals surface area contributed by atoms with Crippen molar-refractivity contribution in [1.82, 2.24) is 10.3 Å². The molecule has 0 radical (unpaired) electrons. The van der Waals surface area contributed by atoms with Crippen molar-refractivity contribution in [2.75, 3.05) is 20.8 Å². The molecule has 0 spiro atoms. The van der Waals surface area contributed by atoms with Crippen molar-refractivity contribution >= 4 is 22.9 Å². The van der Waals surface area contributed by atoms with Crippen LogP contribution in [0, 0.1) is 0 Å². The second kappa shape index (κ2) is 7.64. The van der Waals surface area contributed by atoms with Crippen molar-refractivity contribution in [3.63, 3.8) is 0 Å². The van der Waals surface area contributed by atoms with Crippen LogP contribution >= 0.6 is 22.9 Å². The van der Waals surface area contributed by atoms with Crippen molar-refractivity contribution in [3.05, 3.63) is 28.2 Å². The van der Waals surface area contributed by atoms with Crippen LogP contribution in [0.4, 0.5) is 0 Å². The summed E-state index contributed by atoms with van der Waals surface area (Å²) in [6.45, 7) is 3.98. The minimum absolute atomic E-state index is 0.527. The summed E-state index contributed by atoms with van der Waals surface area (Å²) in [5.41, 5.74) is 0.862. The molecule has 0 unspecified atom stereocenters. The molecule has 0 saturated heterocycles. The standard InChI is InChI=1S/C15H19ClN2O2S/c1-4-7-17-8-10-9-18-15(21-10)11-5-6-12(19-2)14(20-3)13(11)16/h5-6,9,17H,4,7-8H2,1-3H3. The fourth-order valence-corrected chi connectivity index (χ4v) is 3.25. The predicted octanol–water partition coefficient (Wildman–Crippen LogP) is 3.98. The lowest BCUT2D eigenvalue weighted by molar-refractivity contribution is 0.355. The Balaban J connectivity index is 2.26. The normalized spacial score (nSPS) is 10.7. The van der Waals surface area contributed by atoms with E-state index in [1.165, 1.54) is 4.88 Å². The van der Waals surface area contributed by atoms with E-state index < -0.39 is 0 Å². The number of rotatable bonds is 7. The van der Waals surface area contributed by atoms with E-state index in [1.807, 2.05) is 18.3 Å². The number of halogens is 1. The summed E-state index contributed by atoms with van der Waals surface area (Å²) >= 11 is 8.04. The van der Waals surface area contributed by atoms with Gasteiger partial charge in [-0.3, -0.25) is 0 Å². The number of aromatic nitrogens is 1. The molecule has 114 valence electrons. The van der Waals surface area contributed by atoms with Crippen molar-refractivity contribution in [3.8, 4) is 22.1 Å². The largest absolute Gasteiger partial charge is 0.493 e. The monoisotopic (exact) mass is 326 g/mol. The second-order valence-corrected chi connectivity index (χ2v) is 5.96. The van der Waals surface area contributed by atoms with E-state index in [-0.39, 0.29) is 0 Å². The first-order valence-electron chi connectivity index (χ1n) is 6.77. The molecule has 1 aromatic carbocycles. The van der Waals surface area contributed by atoms with Gasteiger partial charge in [0.05, 0.1) is 19.2 Å². The van der Waals surface area contributed by atoms with Gasteiger partial charge in [0, 0.05) is 23.2 Å². The quantitative estimate of drug-likeness (QED) is 0.782. The first kappa shape index (κ1) is 16.1. The molecule has 1 aromatic heterocycles. The number of ether oxygens (including phenoxy) is 2. The zero-order chi connectivity index (χ0) is 15.2. The maximum absolute atomic E-state index is 6.41. The van der Waals surface area contributed by atoms with Gasteiger partial charge in [0.2, 0.25) is 0 Å². The van der Waals surface area contributed by atoms with Crippen LogP contribution in [0.3, 0.4) is 0 Å². The molecule has 0 atom stereocenters. The van der Waals surface area contributed by atoms with E-state index in [4.69, 9.17) is 21.1 Å². The SMILES string of the molecule is CCCNCc1cnc(-c2ccc(OC)c(OC)c2Cl)s1. The predicted molar refractivity (Wildman–Crippen MR) is 87.7 cm³/mol. The Morgan fingerprint density at radius 3 is 2.76 bits per heavy atom. The Morgan fingerprint density at radius 2 is 2.10 bits per heavy atom. The summed E-state index contributed by atoms with van der Waals surface area (Å²) in [5, 5.41) is 4.77. The van der Waals surface area contributed by atoms with Gasteiger partial charge in [0.1, 0.15) is 5.01 Å². The molecule has 4 nitrogen and oxygen atoms in total. The maximum atomic E-state index is 6.41. The highest BCUT2D eigenvalue weighted by Gasteiger charge is 2.16. The van der Waals surface area contributed by atoms with Gasteiger partial charge in [0.15, 0.2) is 11.5 Å². The summed E-state index contributed by atoms with van der Waals surface area (Å²) < 4.78 is 10.6. The van der Waals surface area contributed by atoms with Crippen LogP contribution in [0.1, 0.15) is 18.2 Å². The van der Waals surface area contributed by atoms with Crippen LogP contribution < -0.4 is 14.8 Å². The van der Waals surface area contributed by atoms with E-state index in [0.717, 1.165) is 30.1 Å².